The fraction of sp³-hybridized carbons (Fsp3) is 0.552. The molecule has 2 fully saturated rings. The van der Waals surface area contributed by atoms with Crippen molar-refractivity contribution in [1.82, 2.24) is 40.5 Å². The summed E-state index contributed by atoms with van der Waals surface area (Å²) >= 11 is 0. The van der Waals surface area contributed by atoms with Gasteiger partial charge >= 0.3 is 12.1 Å². The van der Waals surface area contributed by atoms with Crippen molar-refractivity contribution in [2.24, 2.45) is 11.5 Å². The molecule has 4 aromatic carbocycles. The van der Waals surface area contributed by atoms with Gasteiger partial charge in [-0.05, 0) is 135 Å². The SMILES string of the molecule is N[C@@H]1CCCN(C2Cc3ccccc3[C@@H]2Oc2ccc(S(=O)(=O)NCCOCCOCCNC(=O)NCCCCNC(=O)NCCOCCOCCNS(=O)(=O)c3ccc(O[C@H]4c5ccccc5C[C@@H]4N4CCC[C@@H](N)C4)cc3)cc2)C1. The summed E-state index contributed by atoms with van der Waals surface area (Å²) in [5.41, 5.74) is 17.5. The van der Waals surface area contributed by atoms with Crippen LogP contribution in [0.2, 0.25) is 0 Å². The largest absolute Gasteiger partial charge is 0.484 e. The summed E-state index contributed by atoms with van der Waals surface area (Å²) < 4.78 is 92.3. The van der Waals surface area contributed by atoms with Gasteiger partial charge in [0.1, 0.15) is 23.7 Å². The van der Waals surface area contributed by atoms with Gasteiger partial charge in [-0.1, -0.05) is 48.5 Å². The van der Waals surface area contributed by atoms with Crippen LogP contribution < -0.4 is 51.7 Å². The standard InChI is InChI=1S/C58H84N10O12S2/c59-45-11-7-29-67(41-45)53-39-43-9-1-3-13-51(43)55(53)79-47-15-19-49(20-16-47)81(71,72)65-27-33-77-37-35-75-31-25-63-57(69)61-23-5-6-24-62-58(70)64-26-32-76-36-38-78-34-28-66-82(73,74)50-21-17-48(18-22-50)80-56-52-14-4-2-10-44(52)40-54(56)68-30-8-12-46(60)42-68/h1-4,9-10,13-22,45-46,53-56,65-66H,5-8,11-12,23-42,59-60H2,(H2,61,63,69)(H2,62,64,70)/t45-,46-,53+,54?,55+,56+/m1/s1. The molecule has 2 aliphatic heterocycles. The Morgan fingerprint density at radius 3 is 1.23 bits per heavy atom. The van der Waals surface area contributed by atoms with Crippen LogP contribution in [0.5, 0.6) is 11.5 Å². The number of ether oxygens (including phenoxy) is 6. The monoisotopic (exact) mass is 1180 g/mol. The highest BCUT2D eigenvalue weighted by molar-refractivity contribution is 7.89. The first-order valence-corrected chi connectivity index (χ1v) is 31.8. The molecule has 0 aromatic heterocycles. The second kappa shape index (κ2) is 32.0. The molecule has 10 N–H and O–H groups in total. The van der Waals surface area contributed by atoms with Crippen LogP contribution in [0.4, 0.5) is 9.59 Å². The summed E-state index contributed by atoms with van der Waals surface area (Å²) in [5, 5.41) is 11.0. The fourth-order valence-electron chi connectivity index (χ4n) is 10.9. The number of carbonyl (C=O) groups is 2. The number of amides is 4. The minimum absolute atomic E-state index is 0.0857. The van der Waals surface area contributed by atoms with Crippen LogP contribution in [0.25, 0.3) is 0 Å². The summed E-state index contributed by atoms with van der Waals surface area (Å²) in [4.78, 5) is 29.4. The van der Waals surface area contributed by atoms with E-state index in [2.05, 4.69) is 64.8 Å². The Hall–Kier alpha value is -5.48. The molecule has 6 atom stereocenters. The number of likely N-dealkylation sites (tertiary alicyclic amines) is 2. The van der Waals surface area contributed by atoms with Crippen molar-refractivity contribution < 1.29 is 54.8 Å². The van der Waals surface area contributed by atoms with Gasteiger partial charge < -0.3 is 61.2 Å². The number of piperidine rings is 2. The lowest BCUT2D eigenvalue weighted by molar-refractivity contribution is 0.0516. The molecule has 22 nitrogen and oxygen atoms in total. The lowest BCUT2D eigenvalue weighted by Crippen LogP contribution is -2.49. The summed E-state index contributed by atoms with van der Waals surface area (Å²) in [6, 6.07) is 29.6. The van der Waals surface area contributed by atoms with Crippen molar-refractivity contribution >= 4 is 32.1 Å². The first-order valence-electron chi connectivity index (χ1n) is 28.8. The van der Waals surface area contributed by atoms with Crippen molar-refractivity contribution in [3.63, 3.8) is 0 Å². The number of hydrogen-bond acceptors (Lipinski definition) is 16. The molecule has 0 bridgehead atoms. The summed E-state index contributed by atoms with van der Waals surface area (Å²) in [6.07, 6.45) is 6.90. The van der Waals surface area contributed by atoms with Crippen molar-refractivity contribution in [3.05, 3.63) is 119 Å². The van der Waals surface area contributed by atoms with Crippen LogP contribution in [0.15, 0.2) is 107 Å². The highest BCUT2D eigenvalue weighted by atomic mass is 32.2. The van der Waals surface area contributed by atoms with E-state index in [0.29, 0.717) is 50.5 Å². The third kappa shape index (κ3) is 19.0. The smallest absolute Gasteiger partial charge is 0.314 e. The number of carbonyl (C=O) groups excluding carboxylic acids is 2. The topological polar surface area (TPSA) is 288 Å². The first kappa shape index (κ1) is 62.6. The van der Waals surface area contributed by atoms with Crippen molar-refractivity contribution in [2.45, 2.75) is 97.5 Å². The molecule has 8 rings (SSSR count). The number of fused-ring (bicyclic) bond motifs is 2. The third-order valence-corrected chi connectivity index (χ3v) is 18.0. The molecule has 0 spiro atoms. The summed E-state index contributed by atoms with van der Waals surface area (Å²) in [6.45, 7) is 7.15. The highest BCUT2D eigenvalue weighted by Crippen LogP contribution is 2.40. The van der Waals surface area contributed by atoms with Crippen LogP contribution in [0.1, 0.15) is 73.0 Å². The second-order valence-electron chi connectivity index (χ2n) is 21.1. The Balaban J connectivity index is 0.569. The average molecular weight is 1180 g/mol. The van der Waals surface area contributed by atoms with Crippen molar-refractivity contribution in [3.8, 4) is 11.5 Å². The van der Waals surface area contributed by atoms with E-state index >= 15 is 0 Å². The first-order chi connectivity index (χ1) is 39.8. The highest BCUT2D eigenvalue weighted by Gasteiger charge is 2.41. The van der Waals surface area contributed by atoms with Crippen LogP contribution in [0.3, 0.4) is 0 Å². The molecule has 1 unspecified atom stereocenters. The van der Waals surface area contributed by atoms with Crippen LogP contribution in [-0.4, -0.2) is 181 Å². The Labute approximate surface area is 483 Å². The molecule has 0 saturated carbocycles. The van der Waals surface area contributed by atoms with E-state index in [1.807, 2.05) is 24.3 Å². The zero-order chi connectivity index (χ0) is 57.6. The number of benzene rings is 4. The lowest BCUT2D eigenvalue weighted by Gasteiger charge is -2.38. The van der Waals surface area contributed by atoms with Gasteiger partial charge in [-0.25, -0.2) is 35.9 Å². The molecule has 4 aromatic rings. The molecular formula is C58H84N10O12S2. The zero-order valence-corrected chi connectivity index (χ0v) is 48.5. The molecule has 4 amide bonds. The number of unbranched alkanes of at least 4 members (excludes halogenated alkanes) is 1. The predicted octanol–water partition coefficient (Wildman–Crippen LogP) is 3.32. The van der Waals surface area contributed by atoms with Gasteiger partial charge in [-0.2, -0.15) is 0 Å². The lowest BCUT2D eigenvalue weighted by atomic mass is 10.0. The van der Waals surface area contributed by atoms with Crippen LogP contribution >= 0.6 is 0 Å². The Morgan fingerprint density at radius 1 is 0.476 bits per heavy atom. The number of urea groups is 2. The second-order valence-corrected chi connectivity index (χ2v) is 24.6. The molecule has 2 aliphatic carbocycles. The quantitative estimate of drug-likeness (QED) is 0.0318. The van der Waals surface area contributed by atoms with E-state index in [1.54, 1.807) is 48.5 Å². The molecular weight excluding hydrogens is 1090 g/mol. The molecule has 4 aliphatic rings. The van der Waals surface area contributed by atoms with E-state index in [1.165, 1.54) is 11.1 Å². The van der Waals surface area contributed by atoms with Crippen LogP contribution in [0, 0.1) is 0 Å². The maximum Gasteiger partial charge on any atom is 0.314 e. The fourth-order valence-corrected chi connectivity index (χ4v) is 13.0. The predicted molar refractivity (Wildman–Crippen MR) is 311 cm³/mol. The molecule has 450 valence electrons. The number of nitrogens with two attached hydrogens (primary N) is 2. The summed E-state index contributed by atoms with van der Waals surface area (Å²) in [7, 11) is -7.53. The number of hydrogen-bond donors (Lipinski definition) is 8. The molecule has 82 heavy (non-hydrogen) atoms. The van der Waals surface area contributed by atoms with E-state index in [4.69, 9.17) is 39.9 Å². The third-order valence-electron chi connectivity index (χ3n) is 15.1. The Kier molecular flexibility index (Phi) is 24.4. The van der Waals surface area contributed by atoms with Crippen molar-refractivity contribution in [1.29, 1.82) is 0 Å². The van der Waals surface area contributed by atoms with Gasteiger partial charge in [-0.15, -0.1) is 0 Å². The minimum atomic E-state index is -3.76. The number of nitrogens with one attached hydrogen (secondary N) is 6. The molecule has 0 radical (unpaired) electrons. The van der Waals surface area contributed by atoms with E-state index in [9.17, 15) is 26.4 Å². The molecule has 2 saturated heterocycles. The maximum atomic E-state index is 13.0. The van der Waals surface area contributed by atoms with E-state index in [0.717, 1.165) is 75.8 Å². The van der Waals surface area contributed by atoms with E-state index in [-0.39, 0.29) is 124 Å². The number of nitrogens with zero attached hydrogens (tertiary/aromatic N) is 2. The molecule has 24 heteroatoms. The zero-order valence-electron chi connectivity index (χ0n) is 46.9. The van der Waals surface area contributed by atoms with E-state index < -0.39 is 20.0 Å². The normalized spacial score (nSPS) is 21.1. The minimum Gasteiger partial charge on any atom is -0.484 e. The Bertz CT molecular complexity index is 2650. The van der Waals surface area contributed by atoms with Gasteiger partial charge in [0.05, 0.1) is 74.7 Å². The number of sulfonamides is 2. The van der Waals surface area contributed by atoms with Crippen molar-refractivity contribution in [2.75, 3.05) is 118 Å². The average Bonchev–Trinajstić information content (AvgIpc) is 3.87. The van der Waals surface area contributed by atoms with Gasteiger partial charge in [0, 0.05) is 64.4 Å². The van der Waals surface area contributed by atoms with Gasteiger partial charge in [0.25, 0.3) is 0 Å². The molecule has 2 heterocycles. The number of rotatable bonds is 33. The van der Waals surface area contributed by atoms with Gasteiger partial charge in [0.15, 0.2) is 0 Å². The maximum absolute atomic E-state index is 13.0. The van der Waals surface area contributed by atoms with Crippen LogP contribution in [-0.2, 0) is 51.8 Å². The summed E-state index contributed by atoms with van der Waals surface area (Å²) in [5.74, 6) is 1.20. The Morgan fingerprint density at radius 2 is 0.841 bits per heavy atom. The van der Waals surface area contributed by atoms with Gasteiger partial charge in [0.2, 0.25) is 20.0 Å². The van der Waals surface area contributed by atoms with Gasteiger partial charge in [-0.3, -0.25) is 9.80 Å².